The predicted molar refractivity (Wildman–Crippen MR) is 72.0 cm³/mol. The number of rotatable bonds is 3. The van der Waals surface area contributed by atoms with Crippen LogP contribution in [0.3, 0.4) is 0 Å². The van der Waals surface area contributed by atoms with Crippen LogP contribution in [0.4, 0.5) is 0 Å². The topological polar surface area (TPSA) is 29.5 Å². The van der Waals surface area contributed by atoms with E-state index in [0.29, 0.717) is 5.92 Å². The van der Waals surface area contributed by atoms with Crippen molar-refractivity contribution >= 4 is 0 Å². The second kappa shape index (κ2) is 4.55. The van der Waals surface area contributed by atoms with Crippen molar-refractivity contribution in [2.75, 3.05) is 0 Å². The molecule has 2 heteroatoms. The van der Waals surface area contributed by atoms with Crippen LogP contribution in [0.25, 0.3) is 0 Å². The Hall–Kier alpha value is -0.0800. The molecule has 0 spiro atoms. The molecule has 102 valence electrons. The monoisotopic (exact) mass is 242 g/mol. The molecule has 2 unspecified atom stereocenters. The van der Waals surface area contributed by atoms with E-state index in [1.54, 1.807) is 0 Å². The van der Waals surface area contributed by atoms with Crippen molar-refractivity contribution in [2.45, 2.75) is 85.0 Å². The molecule has 0 aromatic rings. The highest BCUT2D eigenvalue weighted by atomic mass is 16.5. The summed E-state index contributed by atoms with van der Waals surface area (Å²) in [4.78, 5) is 0. The first-order valence-electron chi connectivity index (χ1n) is 6.82. The van der Waals surface area contributed by atoms with Crippen molar-refractivity contribution in [1.29, 1.82) is 0 Å². The fourth-order valence-corrected chi connectivity index (χ4v) is 2.92. The van der Waals surface area contributed by atoms with Crippen LogP contribution in [-0.4, -0.2) is 22.4 Å². The second-order valence-electron chi connectivity index (χ2n) is 7.83. The zero-order valence-electron chi connectivity index (χ0n) is 12.6. The Morgan fingerprint density at radius 2 is 1.76 bits per heavy atom. The smallest absolute Gasteiger partial charge is 0.0662 e. The Morgan fingerprint density at radius 3 is 2.12 bits per heavy atom. The van der Waals surface area contributed by atoms with E-state index >= 15 is 0 Å². The first-order chi connectivity index (χ1) is 7.44. The molecule has 0 saturated carbocycles. The van der Waals surface area contributed by atoms with Gasteiger partial charge in [0.05, 0.1) is 17.3 Å². The minimum atomic E-state index is -0.220. The van der Waals surface area contributed by atoms with Crippen LogP contribution in [0, 0.1) is 11.3 Å². The van der Waals surface area contributed by atoms with Crippen molar-refractivity contribution < 1.29 is 9.84 Å². The highest BCUT2D eigenvalue weighted by molar-refractivity contribution is 4.94. The van der Waals surface area contributed by atoms with Crippen molar-refractivity contribution in [1.82, 2.24) is 0 Å². The molecule has 0 aromatic carbocycles. The SMILES string of the molecule is CC1(C)CC(CCC(O)C(C)(C)C)C(C)(C)O1. The van der Waals surface area contributed by atoms with Gasteiger partial charge in [0.25, 0.3) is 0 Å². The van der Waals surface area contributed by atoms with Gasteiger partial charge in [-0.05, 0) is 58.3 Å². The number of hydrogen-bond donors (Lipinski definition) is 1. The summed E-state index contributed by atoms with van der Waals surface area (Å²) in [6.07, 6.45) is 2.80. The molecule has 1 saturated heterocycles. The van der Waals surface area contributed by atoms with E-state index in [0.717, 1.165) is 19.3 Å². The zero-order valence-corrected chi connectivity index (χ0v) is 12.6. The molecule has 0 aromatic heterocycles. The lowest BCUT2D eigenvalue weighted by molar-refractivity contribution is -0.0766. The summed E-state index contributed by atoms with van der Waals surface area (Å²) in [5.74, 6) is 0.550. The van der Waals surface area contributed by atoms with Crippen molar-refractivity contribution in [3.05, 3.63) is 0 Å². The Labute approximate surface area is 107 Å². The van der Waals surface area contributed by atoms with Crippen molar-refractivity contribution in [2.24, 2.45) is 11.3 Å². The Morgan fingerprint density at radius 1 is 1.24 bits per heavy atom. The van der Waals surface area contributed by atoms with E-state index < -0.39 is 0 Å². The van der Waals surface area contributed by atoms with E-state index in [2.05, 4.69) is 48.5 Å². The molecule has 0 amide bonds. The minimum absolute atomic E-state index is 0.0130. The number of aliphatic hydroxyl groups is 1. The van der Waals surface area contributed by atoms with Crippen LogP contribution in [-0.2, 0) is 4.74 Å². The molecule has 2 atom stereocenters. The molecule has 1 fully saturated rings. The second-order valence-corrected chi connectivity index (χ2v) is 7.83. The summed E-state index contributed by atoms with van der Waals surface area (Å²) in [7, 11) is 0. The molecule has 1 aliphatic rings. The third-order valence-electron chi connectivity index (χ3n) is 4.05. The lowest BCUT2D eigenvalue weighted by Crippen LogP contribution is -2.31. The third kappa shape index (κ3) is 3.96. The van der Waals surface area contributed by atoms with E-state index in [4.69, 9.17) is 4.74 Å². The highest BCUT2D eigenvalue weighted by Crippen LogP contribution is 2.44. The van der Waals surface area contributed by atoms with E-state index in [9.17, 15) is 5.11 Å². The first kappa shape index (κ1) is 15.0. The van der Waals surface area contributed by atoms with Gasteiger partial charge < -0.3 is 9.84 Å². The molecule has 1 rings (SSSR count). The summed E-state index contributed by atoms with van der Waals surface area (Å²) in [5, 5.41) is 10.1. The summed E-state index contributed by atoms with van der Waals surface area (Å²) in [5.41, 5.74) is -0.0823. The lowest BCUT2D eigenvalue weighted by atomic mass is 9.79. The number of aliphatic hydroxyl groups excluding tert-OH is 1. The van der Waals surface area contributed by atoms with Gasteiger partial charge in [-0.25, -0.2) is 0 Å². The molecule has 1 aliphatic heterocycles. The zero-order chi connectivity index (χ0) is 13.5. The van der Waals surface area contributed by atoms with Gasteiger partial charge in [0.15, 0.2) is 0 Å². The summed E-state index contributed by atoms with van der Waals surface area (Å²) < 4.78 is 6.09. The largest absolute Gasteiger partial charge is 0.393 e. The van der Waals surface area contributed by atoms with E-state index in [1.807, 2.05) is 0 Å². The van der Waals surface area contributed by atoms with E-state index in [-0.39, 0.29) is 22.7 Å². The highest BCUT2D eigenvalue weighted by Gasteiger charge is 2.45. The van der Waals surface area contributed by atoms with Gasteiger partial charge in [-0.2, -0.15) is 0 Å². The Bertz CT molecular complexity index is 261. The molecule has 0 bridgehead atoms. The van der Waals surface area contributed by atoms with Gasteiger partial charge in [0, 0.05) is 0 Å². The Balaban J connectivity index is 2.53. The quantitative estimate of drug-likeness (QED) is 0.816. The molecule has 1 N–H and O–H groups in total. The van der Waals surface area contributed by atoms with Gasteiger partial charge >= 0.3 is 0 Å². The minimum Gasteiger partial charge on any atom is -0.393 e. The maximum Gasteiger partial charge on any atom is 0.0662 e. The van der Waals surface area contributed by atoms with Gasteiger partial charge in [-0.15, -0.1) is 0 Å². The summed E-state index contributed by atoms with van der Waals surface area (Å²) in [6, 6.07) is 0. The summed E-state index contributed by atoms with van der Waals surface area (Å²) in [6.45, 7) is 15.0. The lowest BCUT2D eigenvalue weighted by Gasteiger charge is -2.30. The van der Waals surface area contributed by atoms with Gasteiger partial charge in [0.2, 0.25) is 0 Å². The van der Waals surface area contributed by atoms with Crippen LogP contribution < -0.4 is 0 Å². The molecular weight excluding hydrogens is 212 g/mol. The predicted octanol–water partition coefficient (Wildman–Crippen LogP) is 3.77. The fraction of sp³-hybridized carbons (Fsp3) is 1.00. The van der Waals surface area contributed by atoms with Crippen LogP contribution in [0.2, 0.25) is 0 Å². The molecule has 1 heterocycles. The van der Waals surface area contributed by atoms with Crippen LogP contribution >= 0.6 is 0 Å². The standard InChI is InChI=1S/C15H30O2/c1-13(2,3)12(16)9-8-11-10-14(4,5)17-15(11,6)7/h11-12,16H,8-10H2,1-7H3. The van der Waals surface area contributed by atoms with Gasteiger partial charge in [-0.1, -0.05) is 20.8 Å². The maximum atomic E-state index is 10.1. The molecule has 2 nitrogen and oxygen atoms in total. The third-order valence-corrected chi connectivity index (χ3v) is 4.05. The van der Waals surface area contributed by atoms with E-state index in [1.165, 1.54) is 0 Å². The molecular formula is C15H30O2. The maximum absolute atomic E-state index is 10.1. The van der Waals surface area contributed by atoms with Crippen LogP contribution in [0.1, 0.15) is 67.7 Å². The Kier molecular flexibility index (Phi) is 4.01. The van der Waals surface area contributed by atoms with Crippen molar-refractivity contribution in [3.63, 3.8) is 0 Å². The normalized spacial score (nSPS) is 29.3. The molecule has 17 heavy (non-hydrogen) atoms. The summed E-state index contributed by atoms with van der Waals surface area (Å²) >= 11 is 0. The first-order valence-corrected chi connectivity index (χ1v) is 6.82. The molecule has 0 radical (unpaired) electrons. The molecule has 0 aliphatic carbocycles. The van der Waals surface area contributed by atoms with Crippen LogP contribution in [0.5, 0.6) is 0 Å². The number of ether oxygens (including phenoxy) is 1. The van der Waals surface area contributed by atoms with Crippen molar-refractivity contribution in [3.8, 4) is 0 Å². The number of hydrogen-bond acceptors (Lipinski definition) is 2. The van der Waals surface area contributed by atoms with Gasteiger partial charge in [-0.3, -0.25) is 0 Å². The average molecular weight is 242 g/mol. The average Bonchev–Trinajstić information content (AvgIpc) is 2.28. The van der Waals surface area contributed by atoms with Gasteiger partial charge in [0.1, 0.15) is 0 Å². The van der Waals surface area contributed by atoms with Crippen LogP contribution in [0.15, 0.2) is 0 Å². The fourth-order valence-electron chi connectivity index (χ4n) is 2.92.